The van der Waals surface area contributed by atoms with E-state index in [2.05, 4.69) is 42.2 Å². The smallest absolute Gasteiger partial charge is 0.133 e. The Morgan fingerprint density at radius 3 is 2.76 bits per heavy atom. The van der Waals surface area contributed by atoms with E-state index in [1.165, 1.54) is 0 Å². The van der Waals surface area contributed by atoms with Gasteiger partial charge in [0.25, 0.3) is 0 Å². The zero-order valence-electron chi connectivity index (χ0n) is 8.97. The van der Waals surface area contributed by atoms with Crippen molar-refractivity contribution in [2.75, 3.05) is 5.32 Å². The summed E-state index contributed by atoms with van der Waals surface area (Å²) in [5.74, 6) is 0.816. The lowest BCUT2D eigenvalue weighted by Crippen LogP contribution is -1.97. The molecule has 0 radical (unpaired) electrons. The van der Waals surface area contributed by atoms with Crippen LogP contribution < -0.4 is 5.32 Å². The molecule has 2 rings (SSSR count). The highest BCUT2D eigenvalue weighted by Gasteiger charge is 2.06. The lowest BCUT2D eigenvalue weighted by molar-refractivity contribution is 1.24. The summed E-state index contributed by atoms with van der Waals surface area (Å²) in [5, 5.41) is 3.92. The molecule has 0 unspecified atom stereocenters. The van der Waals surface area contributed by atoms with Crippen LogP contribution in [0, 0.1) is 6.92 Å². The highest BCUT2D eigenvalue weighted by molar-refractivity contribution is 9.11. The standard InChI is InChI=1S/C12H9Br2ClN2/c1-7-5-8(13)6-16-12(7)17-10-4-2-3-9(15)11(10)14/h2-6H,1H3,(H,16,17). The quantitative estimate of drug-likeness (QED) is 0.768. The number of halogens is 3. The number of nitrogens with one attached hydrogen (secondary N) is 1. The maximum Gasteiger partial charge on any atom is 0.133 e. The number of pyridine rings is 1. The number of rotatable bonds is 2. The SMILES string of the molecule is Cc1cc(Br)cnc1Nc1cccc(Cl)c1Br. The van der Waals surface area contributed by atoms with E-state index >= 15 is 0 Å². The second kappa shape index (κ2) is 5.38. The number of aryl methyl sites for hydroxylation is 1. The molecular weight excluding hydrogens is 367 g/mol. The van der Waals surface area contributed by atoms with Gasteiger partial charge in [0.15, 0.2) is 0 Å². The van der Waals surface area contributed by atoms with Gasteiger partial charge >= 0.3 is 0 Å². The van der Waals surface area contributed by atoms with Crippen LogP contribution in [0.15, 0.2) is 39.4 Å². The van der Waals surface area contributed by atoms with Gasteiger partial charge in [-0.3, -0.25) is 0 Å². The van der Waals surface area contributed by atoms with Crippen molar-refractivity contribution in [3.8, 4) is 0 Å². The topological polar surface area (TPSA) is 24.9 Å². The van der Waals surface area contributed by atoms with Crippen LogP contribution in [0.4, 0.5) is 11.5 Å². The lowest BCUT2D eigenvalue weighted by atomic mass is 10.2. The number of aromatic nitrogens is 1. The van der Waals surface area contributed by atoms with E-state index in [9.17, 15) is 0 Å². The Balaban J connectivity index is 2.35. The zero-order chi connectivity index (χ0) is 12.4. The van der Waals surface area contributed by atoms with Crippen molar-refractivity contribution < 1.29 is 0 Å². The summed E-state index contributed by atoms with van der Waals surface area (Å²) in [7, 11) is 0. The highest BCUT2D eigenvalue weighted by Crippen LogP contribution is 2.32. The molecular formula is C12H9Br2ClN2. The van der Waals surface area contributed by atoms with E-state index in [-0.39, 0.29) is 0 Å². The van der Waals surface area contributed by atoms with Crippen LogP contribution in [0.25, 0.3) is 0 Å². The molecule has 0 saturated heterocycles. The third-order valence-electron chi connectivity index (χ3n) is 2.25. The Morgan fingerprint density at radius 1 is 1.29 bits per heavy atom. The number of hydrogen-bond acceptors (Lipinski definition) is 2. The average molecular weight is 376 g/mol. The first-order valence-corrected chi connectivity index (χ1v) is 6.87. The van der Waals surface area contributed by atoms with E-state index < -0.39 is 0 Å². The van der Waals surface area contributed by atoms with Crippen molar-refractivity contribution in [3.63, 3.8) is 0 Å². The van der Waals surface area contributed by atoms with Gasteiger partial charge < -0.3 is 5.32 Å². The van der Waals surface area contributed by atoms with Gasteiger partial charge in [-0.05, 0) is 62.5 Å². The van der Waals surface area contributed by atoms with E-state index in [0.29, 0.717) is 5.02 Å². The van der Waals surface area contributed by atoms with Crippen molar-refractivity contribution in [1.82, 2.24) is 4.98 Å². The highest BCUT2D eigenvalue weighted by atomic mass is 79.9. The predicted molar refractivity (Wildman–Crippen MR) is 79.1 cm³/mol. The molecule has 1 aromatic heterocycles. The molecule has 1 heterocycles. The normalized spacial score (nSPS) is 10.4. The van der Waals surface area contributed by atoms with Gasteiger partial charge in [0.1, 0.15) is 5.82 Å². The Bertz CT molecular complexity index is 558. The Labute approximate surface area is 122 Å². The maximum absolute atomic E-state index is 6.03. The molecule has 1 N–H and O–H groups in total. The third kappa shape index (κ3) is 3.00. The van der Waals surface area contributed by atoms with E-state index in [0.717, 1.165) is 26.0 Å². The van der Waals surface area contributed by atoms with Crippen molar-refractivity contribution in [2.24, 2.45) is 0 Å². The van der Waals surface area contributed by atoms with Gasteiger partial charge in [-0.15, -0.1) is 0 Å². The van der Waals surface area contributed by atoms with Gasteiger partial charge in [-0.1, -0.05) is 17.7 Å². The summed E-state index contributed by atoms with van der Waals surface area (Å²) < 4.78 is 1.80. The summed E-state index contributed by atoms with van der Waals surface area (Å²) in [6, 6.07) is 7.68. The molecule has 17 heavy (non-hydrogen) atoms. The van der Waals surface area contributed by atoms with Crippen molar-refractivity contribution in [1.29, 1.82) is 0 Å². The first-order valence-electron chi connectivity index (χ1n) is 4.91. The number of benzene rings is 1. The van der Waals surface area contributed by atoms with E-state index in [1.807, 2.05) is 31.2 Å². The number of hydrogen-bond donors (Lipinski definition) is 1. The van der Waals surface area contributed by atoms with Crippen molar-refractivity contribution in [2.45, 2.75) is 6.92 Å². The zero-order valence-corrected chi connectivity index (χ0v) is 12.9. The Kier molecular flexibility index (Phi) is 4.07. The van der Waals surface area contributed by atoms with Crippen molar-refractivity contribution >= 4 is 55.0 Å². The van der Waals surface area contributed by atoms with Crippen LogP contribution in [0.3, 0.4) is 0 Å². The summed E-state index contributed by atoms with van der Waals surface area (Å²) in [6.07, 6.45) is 1.76. The summed E-state index contributed by atoms with van der Waals surface area (Å²) in [6.45, 7) is 2.00. The fraction of sp³-hybridized carbons (Fsp3) is 0.0833. The molecule has 0 aliphatic rings. The first kappa shape index (κ1) is 12.9. The molecule has 0 amide bonds. The van der Waals surface area contributed by atoms with E-state index in [4.69, 9.17) is 11.6 Å². The second-order valence-electron chi connectivity index (χ2n) is 3.55. The van der Waals surface area contributed by atoms with Crippen LogP contribution in [0.1, 0.15) is 5.56 Å². The van der Waals surface area contributed by atoms with Crippen LogP contribution in [-0.2, 0) is 0 Å². The molecule has 2 aromatic rings. The van der Waals surface area contributed by atoms with Crippen LogP contribution >= 0.6 is 43.5 Å². The molecule has 0 fully saturated rings. The van der Waals surface area contributed by atoms with Crippen molar-refractivity contribution in [3.05, 3.63) is 50.0 Å². The Morgan fingerprint density at radius 2 is 2.06 bits per heavy atom. The van der Waals surface area contributed by atoms with Crippen LogP contribution in [0.5, 0.6) is 0 Å². The molecule has 0 bridgehead atoms. The fourth-order valence-electron chi connectivity index (χ4n) is 1.40. The molecule has 0 saturated carbocycles. The Hall–Kier alpha value is -0.580. The summed E-state index contributed by atoms with van der Waals surface area (Å²) in [4.78, 5) is 4.32. The predicted octanol–water partition coefficient (Wildman–Crippen LogP) is 5.31. The fourth-order valence-corrected chi connectivity index (χ4v) is 2.38. The molecule has 0 aliphatic heterocycles. The minimum absolute atomic E-state index is 0.671. The van der Waals surface area contributed by atoms with E-state index in [1.54, 1.807) is 6.20 Å². The lowest BCUT2D eigenvalue weighted by Gasteiger charge is -2.11. The van der Waals surface area contributed by atoms with Gasteiger partial charge in [0.2, 0.25) is 0 Å². The number of nitrogens with zero attached hydrogens (tertiary/aromatic N) is 1. The maximum atomic E-state index is 6.03. The van der Waals surface area contributed by atoms with Gasteiger partial charge in [0, 0.05) is 10.7 Å². The molecule has 2 nitrogen and oxygen atoms in total. The van der Waals surface area contributed by atoms with Crippen LogP contribution in [-0.4, -0.2) is 4.98 Å². The average Bonchev–Trinajstić information content (AvgIpc) is 2.28. The largest absolute Gasteiger partial charge is 0.339 e. The number of anilines is 2. The molecule has 88 valence electrons. The molecule has 5 heteroatoms. The monoisotopic (exact) mass is 374 g/mol. The van der Waals surface area contributed by atoms with Gasteiger partial charge in [-0.2, -0.15) is 0 Å². The molecule has 0 atom stereocenters. The molecule has 0 spiro atoms. The molecule has 1 aromatic carbocycles. The van der Waals surface area contributed by atoms with Gasteiger partial charge in [0.05, 0.1) is 15.2 Å². The van der Waals surface area contributed by atoms with Crippen LogP contribution in [0.2, 0.25) is 5.02 Å². The molecule has 0 aliphatic carbocycles. The second-order valence-corrected chi connectivity index (χ2v) is 5.66. The minimum atomic E-state index is 0.671. The third-order valence-corrected chi connectivity index (χ3v) is 4.08. The summed E-state index contributed by atoms with van der Waals surface area (Å²) >= 11 is 12.9. The first-order chi connectivity index (χ1) is 8.08. The summed E-state index contributed by atoms with van der Waals surface area (Å²) in [5.41, 5.74) is 1.96. The minimum Gasteiger partial charge on any atom is -0.339 e. The van der Waals surface area contributed by atoms with Gasteiger partial charge in [-0.25, -0.2) is 4.98 Å².